The molecular weight excluding hydrogens is 314 g/mol. The Labute approximate surface area is 159 Å². The highest BCUT2D eigenvalue weighted by molar-refractivity contribution is 5.82. The Bertz CT molecular complexity index is 832. The molecule has 0 unspecified atom stereocenters. The number of rotatable bonds is 2. The van der Waals surface area contributed by atoms with Crippen molar-refractivity contribution in [1.29, 1.82) is 0 Å². The number of hydrogen-bond acceptors (Lipinski definition) is 1. The smallest absolute Gasteiger partial charge is 0.0387 e. The third-order valence-electron chi connectivity index (χ3n) is 4.65. The van der Waals surface area contributed by atoms with Crippen LogP contribution in [0.3, 0.4) is 0 Å². The van der Waals surface area contributed by atoms with Gasteiger partial charge in [-0.05, 0) is 46.5 Å². The Balaban J connectivity index is 0.000000570. The van der Waals surface area contributed by atoms with E-state index in [9.17, 15) is 0 Å². The van der Waals surface area contributed by atoms with Crippen LogP contribution in [0.4, 0.5) is 11.4 Å². The zero-order valence-corrected chi connectivity index (χ0v) is 16.9. The Morgan fingerprint density at radius 1 is 0.577 bits per heavy atom. The van der Waals surface area contributed by atoms with Crippen LogP contribution in [0.1, 0.15) is 52.7 Å². The van der Waals surface area contributed by atoms with E-state index < -0.39 is 0 Å². The van der Waals surface area contributed by atoms with Gasteiger partial charge in [0.15, 0.2) is 0 Å². The molecule has 0 radical (unpaired) electrons. The lowest BCUT2D eigenvalue weighted by atomic mass is 9.82. The predicted molar refractivity (Wildman–Crippen MR) is 116 cm³/mol. The van der Waals surface area contributed by atoms with Crippen molar-refractivity contribution in [2.75, 3.05) is 5.32 Å². The van der Waals surface area contributed by atoms with Crippen LogP contribution in [0, 0.1) is 0 Å². The van der Waals surface area contributed by atoms with Gasteiger partial charge < -0.3 is 5.32 Å². The fourth-order valence-corrected chi connectivity index (χ4v) is 3.47. The first-order chi connectivity index (χ1) is 12.7. The summed E-state index contributed by atoms with van der Waals surface area (Å²) in [5.41, 5.74) is 7.87. The average molecular weight is 346 g/mol. The van der Waals surface area contributed by atoms with E-state index >= 15 is 0 Å². The summed E-state index contributed by atoms with van der Waals surface area (Å²) in [6, 6.07) is 25.8. The maximum atomic E-state index is 3.50. The van der Waals surface area contributed by atoms with E-state index in [1.54, 1.807) is 0 Å². The molecule has 136 valence electrons. The molecule has 0 aromatic heterocycles. The lowest BCUT2D eigenvalue weighted by Gasteiger charge is -2.22. The number of para-hydroxylation sites is 1. The minimum Gasteiger partial charge on any atom is -0.356 e. The standard InChI is InChI=1S/C21H19N.2C2H6/c1-21(2)19-11-7-6-10-17(19)18-13-12-16(14-20(18)21)22-15-8-4-3-5-9-15;2*1-2/h3-14,22H,1-2H3;2*1-2H3. The van der Waals surface area contributed by atoms with Gasteiger partial charge in [-0.1, -0.05) is 90.1 Å². The topological polar surface area (TPSA) is 12.0 Å². The zero-order chi connectivity index (χ0) is 19.2. The first kappa shape index (κ1) is 19.8. The lowest BCUT2D eigenvalue weighted by molar-refractivity contribution is 0.660. The fourth-order valence-electron chi connectivity index (χ4n) is 3.47. The second kappa shape index (κ2) is 8.71. The lowest BCUT2D eigenvalue weighted by Crippen LogP contribution is -2.15. The molecular formula is C25H31N. The molecule has 1 nitrogen and oxygen atoms in total. The van der Waals surface area contributed by atoms with Gasteiger partial charge in [0.25, 0.3) is 0 Å². The van der Waals surface area contributed by atoms with Gasteiger partial charge in [0.1, 0.15) is 0 Å². The molecule has 1 heteroatoms. The van der Waals surface area contributed by atoms with Gasteiger partial charge >= 0.3 is 0 Å². The van der Waals surface area contributed by atoms with E-state index in [1.807, 2.05) is 33.8 Å². The van der Waals surface area contributed by atoms with E-state index in [0.717, 1.165) is 11.4 Å². The van der Waals surface area contributed by atoms with Crippen LogP contribution in [0.25, 0.3) is 11.1 Å². The number of nitrogens with one attached hydrogen (secondary N) is 1. The average Bonchev–Trinajstić information content (AvgIpc) is 2.93. The summed E-state index contributed by atoms with van der Waals surface area (Å²) in [7, 11) is 0. The molecule has 1 aliphatic rings. The molecule has 4 rings (SSSR count). The maximum Gasteiger partial charge on any atom is 0.0387 e. The van der Waals surface area contributed by atoms with Crippen LogP contribution in [0.15, 0.2) is 72.8 Å². The molecule has 0 amide bonds. The first-order valence-electron chi connectivity index (χ1n) is 9.73. The van der Waals surface area contributed by atoms with E-state index in [-0.39, 0.29) is 5.41 Å². The Kier molecular flexibility index (Phi) is 6.63. The van der Waals surface area contributed by atoms with Crippen molar-refractivity contribution in [1.82, 2.24) is 0 Å². The predicted octanol–water partition coefficient (Wildman–Crippen LogP) is 7.79. The second-order valence-corrected chi connectivity index (χ2v) is 6.42. The van der Waals surface area contributed by atoms with Crippen molar-refractivity contribution < 1.29 is 0 Å². The summed E-state index contributed by atoms with van der Waals surface area (Å²) >= 11 is 0. The highest BCUT2D eigenvalue weighted by Crippen LogP contribution is 2.49. The molecule has 0 atom stereocenters. The number of benzene rings is 3. The quantitative estimate of drug-likeness (QED) is 0.500. The fraction of sp³-hybridized carbons (Fsp3) is 0.280. The van der Waals surface area contributed by atoms with E-state index in [2.05, 4.69) is 85.9 Å². The highest BCUT2D eigenvalue weighted by atomic mass is 14.9. The van der Waals surface area contributed by atoms with Gasteiger partial charge in [0.2, 0.25) is 0 Å². The summed E-state index contributed by atoms with van der Waals surface area (Å²) in [5.74, 6) is 0. The number of fused-ring (bicyclic) bond motifs is 3. The van der Waals surface area contributed by atoms with Crippen molar-refractivity contribution in [2.24, 2.45) is 0 Å². The molecule has 0 fully saturated rings. The van der Waals surface area contributed by atoms with Gasteiger partial charge in [0, 0.05) is 16.8 Å². The van der Waals surface area contributed by atoms with Crippen LogP contribution >= 0.6 is 0 Å². The zero-order valence-electron chi connectivity index (χ0n) is 16.9. The summed E-state index contributed by atoms with van der Waals surface area (Å²) in [4.78, 5) is 0. The van der Waals surface area contributed by atoms with Crippen LogP contribution in [-0.4, -0.2) is 0 Å². The van der Waals surface area contributed by atoms with Gasteiger partial charge in [-0.15, -0.1) is 0 Å². The minimum atomic E-state index is 0.0559. The summed E-state index contributed by atoms with van der Waals surface area (Å²) in [6.07, 6.45) is 0. The van der Waals surface area contributed by atoms with Crippen molar-refractivity contribution in [3.63, 3.8) is 0 Å². The Morgan fingerprint density at radius 2 is 1.15 bits per heavy atom. The SMILES string of the molecule is CC.CC.CC1(C)c2ccccc2-c2ccc(Nc3ccccc3)cc21. The van der Waals surface area contributed by atoms with Gasteiger partial charge in [-0.2, -0.15) is 0 Å². The molecule has 3 aromatic rings. The van der Waals surface area contributed by atoms with Crippen LogP contribution in [0.5, 0.6) is 0 Å². The summed E-state index contributed by atoms with van der Waals surface area (Å²) in [6.45, 7) is 12.6. The van der Waals surface area contributed by atoms with E-state index in [4.69, 9.17) is 0 Å². The van der Waals surface area contributed by atoms with E-state index in [1.165, 1.54) is 22.3 Å². The van der Waals surface area contributed by atoms with Crippen molar-refractivity contribution in [3.8, 4) is 11.1 Å². The normalized spacial score (nSPS) is 12.5. The van der Waals surface area contributed by atoms with Gasteiger partial charge in [-0.3, -0.25) is 0 Å². The summed E-state index contributed by atoms with van der Waals surface area (Å²) < 4.78 is 0. The minimum absolute atomic E-state index is 0.0559. The molecule has 0 saturated carbocycles. The number of anilines is 2. The Morgan fingerprint density at radius 3 is 1.85 bits per heavy atom. The van der Waals surface area contributed by atoms with Gasteiger partial charge in [-0.25, -0.2) is 0 Å². The third kappa shape index (κ3) is 3.67. The second-order valence-electron chi connectivity index (χ2n) is 6.42. The molecule has 1 aliphatic carbocycles. The van der Waals surface area contributed by atoms with Crippen LogP contribution in [-0.2, 0) is 5.41 Å². The molecule has 3 aromatic carbocycles. The van der Waals surface area contributed by atoms with Crippen molar-refractivity contribution in [3.05, 3.63) is 83.9 Å². The molecule has 0 saturated heterocycles. The summed E-state index contributed by atoms with van der Waals surface area (Å²) in [5, 5.41) is 3.50. The molecule has 0 aliphatic heterocycles. The maximum absolute atomic E-state index is 3.50. The first-order valence-corrected chi connectivity index (χ1v) is 9.73. The molecule has 0 heterocycles. The highest BCUT2D eigenvalue weighted by Gasteiger charge is 2.35. The molecule has 26 heavy (non-hydrogen) atoms. The van der Waals surface area contributed by atoms with Crippen LogP contribution < -0.4 is 5.32 Å². The third-order valence-corrected chi connectivity index (χ3v) is 4.65. The molecule has 0 bridgehead atoms. The van der Waals surface area contributed by atoms with Gasteiger partial charge in [0.05, 0.1) is 0 Å². The van der Waals surface area contributed by atoms with Crippen molar-refractivity contribution in [2.45, 2.75) is 47.0 Å². The largest absolute Gasteiger partial charge is 0.356 e. The van der Waals surface area contributed by atoms with E-state index in [0.29, 0.717) is 0 Å². The monoisotopic (exact) mass is 345 g/mol. The molecule has 0 spiro atoms. The molecule has 1 N–H and O–H groups in total. The van der Waals surface area contributed by atoms with Crippen molar-refractivity contribution >= 4 is 11.4 Å². The van der Waals surface area contributed by atoms with Crippen LogP contribution in [0.2, 0.25) is 0 Å². The Hall–Kier alpha value is -2.54. The number of hydrogen-bond donors (Lipinski definition) is 1.